The van der Waals surface area contributed by atoms with Gasteiger partial charge in [-0.3, -0.25) is 4.79 Å². The van der Waals surface area contributed by atoms with Crippen LogP contribution in [0.15, 0.2) is 36.7 Å². The third-order valence-electron chi connectivity index (χ3n) is 2.39. The molecule has 2 aromatic heterocycles. The molecular weight excluding hydrogens is 366 g/mol. The van der Waals surface area contributed by atoms with E-state index in [9.17, 15) is 4.79 Å². The summed E-state index contributed by atoms with van der Waals surface area (Å²) in [7, 11) is 1.61. The largest absolute Gasteiger partial charge is 0.454 e. The molecule has 2 aromatic rings. The quantitative estimate of drug-likeness (QED) is 0.890. The lowest BCUT2D eigenvalue weighted by molar-refractivity contribution is 0.491. The Morgan fingerprint density at radius 2 is 2.22 bits per heavy atom. The molecule has 2 heterocycles. The van der Waals surface area contributed by atoms with Gasteiger partial charge in [0.05, 0.1) is 11.9 Å². The molecule has 0 aliphatic heterocycles. The lowest BCUT2D eigenvalue weighted by Gasteiger charge is -2.07. The highest BCUT2D eigenvalue weighted by molar-refractivity contribution is 9.10. The Morgan fingerprint density at radius 3 is 2.89 bits per heavy atom. The topological polar surface area (TPSA) is 60.1 Å². The average Bonchev–Trinajstić information content (AvgIpc) is 2.75. The van der Waals surface area contributed by atoms with Crippen LogP contribution in [-0.2, 0) is 13.5 Å². The molecule has 96 valence electrons. The summed E-state index contributed by atoms with van der Waals surface area (Å²) in [6, 6.07) is 3.76. The van der Waals surface area contributed by atoms with Crippen LogP contribution in [0.5, 0.6) is 0 Å². The van der Waals surface area contributed by atoms with E-state index >= 15 is 0 Å². The Labute approximate surface area is 120 Å². The van der Waals surface area contributed by atoms with E-state index in [4.69, 9.17) is 4.42 Å². The van der Waals surface area contributed by atoms with Crippen molar-refractivity contribution in [3.05, 3.63) is 43.6 Å². The van der Waals surface area contributed by atoms with Crippen LogP contribution in [0.3, 0.4) is 0 Å². The maximum absolute atomic E-state index is 11.6. The highest BCUT2D eigenvalue weighted by atomic mass is 79.9. The van der Waals surface area contributed by atoms with E-state index in [1.54, 1.807) is 13.2 Å². The second kappa shape index (κ2) is 5.71. The van der Waals surface area contributed by atoms with Crippen LogP contribution in [0, 0.1) is 0 Å². The molecule has 7 heteroatoms. The Bertz CT molecular complexity index is 607. The van der Waals surface area contributed by atoms with Crippen molar-refractivity contribution in [3.63, 3.8) is 0 Å². The van der Waals surface area contributed by atoms with Crippen molar-refractivity contribution in [1.82, 2.24) is 9.78 Å². The number of aryl methyl sites for hydroxylation is 1. The fraction of sp³-hybridized carbons (Fsp3) is 0.273. The van der Waals surface area contributed by atoms with Gasteiger partial charge in [0.15, 0.2) is 4.67 Å². The van der Waals surface area contributed by atoms with E-state index in [1.165, 1.54) is 4.68 Å². The first-order valence-corrected chi connectivity index (χ1v) is 6.86. The number of halogens is 2. The van der Waals surface area contributed by atoms with Crippen LogP contribution in [0.2, 0.25) is 0 Å². The minimum Gasteiger partial charge on any atom is -0.454 e. The summed E-state index contributed by atoms with van der Waals surface area (Å²) in [5, 5.41) is 7.09. The zero-order valence-electron chi connectivity index (χ0n) is 9.61. The SMILES string of the molecule is Cn1ncc(NCCc2ccc(Br)o2)c(Br)c1=O. The van der Waals surface area contributed by atoms with Gasteiger partial charge in [-0.15, -0.1) is 0 Å². The number of hydrogen-bond donors (Lipinski definition) is 1. The molecule has 2 rings (SSSR count). The van der Waals surface area contributed by atoms with E-state index < -0.39 is 0 Å². The number of aromatic nitrogens is 2. The maximum Gasteiger partial charge on any atom is 0.282 e. The number of furan rings is 1. The summed E-state index contributed by atoms with van der Waals surface area (Å²) < 4.78 is 7.86. The van der Waals surface area contributed by atoms with Crippen molar-refractivity contribution in [2.75, 3.05) is 11.9 Å². The lowest BCUT2D eigenvalue weighted by atomic mass is 10.3. The first kappa shape index (κ1) is 13.4. The van der Waals surface area contributed by atoms with Gasteiger partial charge in [-0.2, -0.15) is 5.10 Å². The number of hydrogen-bond acceptors (Lipinski definition) is 4. The first-order chi connectivity index (χ1) is 8.58. The summed E-state index contributed by atoms with van der Waals surface area (Å²) in [4.78, 5) is 11.6. The molecule has 1 N–H and O–H groups in total. The van der Waals surface area contributed by atoms with Crippen LogP contribution in [0.25, 0.3) is 0 Å². The first-order valence-electron chi connectivity index (χ1n) is 5.28. The van der Waals surface area contributed by atoms with Gasteiger partial charge in [0.1, 0.15) is 10.2 Å². The van der Waals surface area contributed by atoms with Crippen molar-refractivity contribution in [1.29, 1.82) is 0 Å². The molecule has 0 amide bonds. The summed E-state index contributed by atoms with van der Waals surface area (Å²) in [5.74, 6) is 0.877. The zero-order valence-corrected chi connectivity index (χ0v) is 12.8. The van der Waals surface area contributed by atoms with Crippen LogP contribution >= 0.6 is 31.9 Å². The molecule has 0 aliphatic carbocycles. The summed E-state index contributed by atoms with van der Waals surface area (Å²) in [6.07, 6.45) is 2.34. The highest BCUT2D eigenvalue weighted by Crippen LogP contribution is 2.17. The Hall–Kier alpha value is -1.08. The van der Waals surface area contributed by atoms with Crippen molar-refractivity contribution < 1.29 is 4.42 Å². The minimum absolute atomic E-state index is 0.166. The second-order valence-corrected chi connectivity index (χ2v) is 5.26. The number of nitrogens with one attached hydrogen (secondary N) is 1. The Balaban J connectivity index is 1.99. The molecule has 0 radical (unpaired) electrons. The molecule has 0 aromatic carbocycles. The maximum atomic E-state index is 11.6. The highest BCUT2D eigenvalue weighted by Gasteiger charge is 2.06. The number of rotatable bonds is 4. The van der Waals surface area contributed by atoms with Gasteiger partial charge in [-0.25, -0.2) is 4.68 Å². The monoisotopic (exact) mass is 375 g/mol. The summed E-state index contributed by atoms with van der Waals surface area (Å²) in [5.41, 5.74) is 0.518. The fourth-order valence-corrected chi connectivity index (χ4v) is 2.28. The van der Waals surface area contributed by atoms with Gasteiger partial charge < -0.3 is 9.73 Å². The molecule has 0 bridgehead atoms. The van der Waals surface area contributed by atoms with Crippen molar-refractivity contribution in [2.24, 2.45) is 7.05 Å². The van der Waals surface area contributed by atoms with Gasteiger partial charge in [-0.05, 0) is 44.0 Å². The molecule has 0 unspecified atom stereocenters. The van der Waals surface area contributed by atoms with Crippen molar-refractivity contribution >= 4 is 37.5 Å². The fourth-order valence-electron chi connectivity index (χ4n) is 1.44. The molecule has 0 spiro atoms. The molecule has 5 nitrogen and oxygen atoms in total. The minimum atomic E-state index is -0.166. The van der Waals surface area contributed by atoms with E-state index in [-0.39, 0.29) is 5.56 Å². The van der Waals surface area contributed by atoms with E-state index in [1.807, 2.05) is 12.1 Å². The molecule has 0 saturated carbocycles. The second-order valence-electron chi connectivity index (χ2n) is 3.68. The molecule has 0 aliphatic rings. The van der Waals surface area contributed by atoms with Crippen molar-refractivity contribution in [3.8, 4) is 0 Å². The van der Waals surface area contributed by atoms with Crippen LogP contribution in [0.4, 0.5) is 5.69 Å². The predicted octanol–water partition coefficient (Wildman–Crippen LogP) is 2.55. The van der Waals surface area contributed by atoms with Gasteiger partial charge in [0.25, 0.3) is 5.56 Å². The van der Waals surface area contributed by atoms with Crippen LogP contribution in [0.1, 0.15) is 5.76 Å². The molecule has 0 atom stereocenters. The summed E-state index contributed by atoms with van der Waals surface area (Å²) in [6.45, 7) is 0.660. The molecule has 0 saturated heterocycles. The molecule has 0 fully saturated rings. The van der Waals surface area contributed by atoms with Crippen LogP contribution in [-0.4, -0.2) is 16.3 Å². The summed E-state index contributed by atoms with van der Waals surface area (Å²) >= 11 is 6.50. The van der Waals surface area contributed by atoms with Gasteiger partial charge in [0, 0.05) is 20.0 Å². The zero-order chi connectivity index (χ0) is 13.1. The van der Waals surface area contributed by atoms with Gasteiger partial charge in [-0.1, -0.05) is 0 Å². The molecular formula is C11H11Br2N3O2. The smallest absolute Gasteiger partial charge is 0.282 e. The number of nitrogens with zero attached hydrogens (tertiary/aromatic N) is 2. The standard InChI is InChI=1S/C11H11Br2N3O2/c1-16-11(17)10(13)8(6-15-16)14-5-4-7-2-3-9(12)18-7/h2-3,6,14H,4-5H2,1H3. The van der Waals surface area contributed by atoms with Crippen molar-refractivity contribution in [2.45, 2.75) is 6.42 Å². The third-order valence-corrected chi connectivity index (χ3v) is 3.59. The number of anilines is 1. The third kappa shape index (κ3) is 3.02. The van der Waals surface area contributed by atoms with E-state index in [0.29, 0.717) is 21.4 Å². The molecule has 18 heavy (non-hydrogen) atoms. The lowest BCUT2D eigenvalue weighted by Crippen LogP contribution is -2.21. The van der Waals surface area contributed by atoms with Gasteiger partial charge in [0.2, 0.25) is 0 Å². The van der Waals surface area contributed by atoms with E-state index in [0.717, 1.165) is 12.2 Å². The van der Waals surface area contributed by atoms with Crippen LogP contribution < -0.4 is 10.9 Å². The van der Waals surface area contributed by atoms with Gasteiger partial charge >= 0.3 is 0 Å². The predicted molar refractivity (Wildman–Crippen MR) is 75.8 cm³/mol. The average molecular weight is 377 g/mol. The van der Waals surface area contributed by atoms with E-state index in [2.05, 4.69) is 42.3 Å². The Morgan fingerprint density at radius 1 is 1.44 bits per heavy atom. The Kier molecular flexibility index (Phi) is 4.23. The normalized spacial score (nSPS) is 10.6.